The molecule has 48 heavy (non-hydrogen) atoms. The average Bonchev–Trinajstić information content (AvgIpc) is 3.40. The quantitative estimate of drug-likeness (QED) is 0.443. The van der Waals surface area contributed by atoms with Crippen molar-refractivity contribution in [3.63, 3.8) is 0 Å². The fourth-order valence-electron chi connectivity index (χ4n) is 6.88. The molecule has 0 spiro atoms. The lowest BCUT2D eigenvalue weighted by Gasteiger charge is -2.38. The second-order valence-electron chi connectivity index (χ2n) is 14.4. The van der Waals surface area contributed by atoms with Gasteiger partial charge in [-0.1, -0.05) is 78.8 Å². The van der Waals surface area contributed by atoms with Crippen molar-refractivity contribution in [2.24, 2.45) is 23.7 Å². The van der Waals surface area contributed by atoms with E-state index in [-0.39, 0.29) is 49.5 Å². The zero-order chi connectivity index (χ0) is 35.9. The van der Waals surface area contributed by atoms with Crippen LogP contribution in [0, 0.1) is 23.7 Å². The molecule has 2 heterocycles. The van der Waals surface area contributed by atoms with Gasteiger partial charge in [0.05, 0.1) is 6.42 Å². The molecular formula is C36H55N5O7. The van der Waals surface area contributed by atoms with Gasteiger partial charge < -0.3 is 30.1 Å². The van der Waals surface area contributed by atoms with Gasteiger partial charge in [-0.2, -0.15) is 0 Å². The van der Waals surface area contributed by atoms with Crippen LogP contribution in [0.2, 0.25) is 0 Å². The van der Waals surface area contributed by atoms with Crippen LogP contribution in [0.3, 0.4) is 0 Å². The van der Waals surface area contributed by atoms with Gasteiger partial charge in [-0.25, -0.2) is 0 Å². The number of nitrogens with zero attached hydrogens (tertiary/aromatic N) is 3. The van der Waals surface area contributed by atoms with Crippen molar-refractivity contribution in [1.82, 2.24) is 25.3 Å². The van der Waals surface area contributed by atoms with Gasteiger partial charge in [-0.3, -0.25) is 28.8 Å². The number of hydrogen-bond acceptors (Lipinski definition) is 7. The lowest BCUT2D eigenvalue weighted by Crippen LogP contribution is -2.61. The summed E-state index contributed by atoms with van der Waals surface area (Å²) in [6, 6.07) is 5.50. The topological polar surface area (TPSA) is 145 Å². The van der Waals surface area contributed by atoms with E-state index < -0.39 is 65.8 Å². The molecule has 2 fully saturated rings. The van der Waals surface area contributed by atoms with Gasteiger partial charge in [0, 0.05) is 33.6 Å². The number of carbonyl (C=O) groups excluding carboxylic acids is 6. The maximum Gasteiger partial charge on any atom is 0.308 e. The summed E-state index contributed by atoms with van der Waals surface area (Å²) in [6.45, 7) is 13.2. The highest BCUT2D eigenvalue weighted by Crippen LogP contribution is 2.27. The smallest absolute Gasteiger partial charge is 0.308 e. The van der Waals surface area contributed by atoms with E-state index in [1.165, 1.54) is 14.7 Å². The van der Waals surface area contributed by atoms with Gasteiger partial charge in [-0.15, -0.1) is 0 Å². The molecule has 0 radical (unpaired) electrons. The molecule has 2 aliphatic heterocycles. The molecule has 0 aromatic heterocycles. The molecular weight excluding hydrogens is 614 g/mol. The lowest BCUT2D eigenvalue weighted by molar-refractivity contribution is -0.162. The van der Waals surface area contributed by atoms with E-state index in [0.717, 1.165) is 5.56 Å². The van der Waals surface area contributed by atoms with E-state index in [1.54, 1.807) is 14.1 Å². The van der Waals surface area contributed by atoms with Crippen LogP contribution in [-0.4, -0.2) is 108 Å². The van der Waals surface area contributed by atoms with Crippen molar-refractivity contribution in [3.8, 4) is 0 Å². The van der Waals surface area contributed by atoms with Crippen LogP contribution in [0.4, 0.5) is 0 Å². The Labute approximate surface area is 285 Å². The van der Waals surface area contributed by atoms with E-state index in [1.807, 2.05) is 78.8 Å². The predicted molar refractivity (Wildman–Crippen MR) is 181 cm³/mol. The van der Waals surface area contributed by atoms with Gasteiger partial charge in [0.1, 0.15) is 24.2 Å². The molecule has 1 aromatic carbocycles. The molecule has 0 unspecified atom stereocenters. The second-order valence-corrected chi connectivity index (χ2v) is 14.4. The molecule has 266 valence electrons. The minimum atomic E-state index is -1.11. The van der Waals surface area contributed by atoms with Crippen LogP contribution in [0.25, 0.3) is 0 Å². The summed E-state index contributed by atoms with van der Waals surface area (Å²) in [6.07, 6.45) is -0.312. The summed E-state index contributed by atoms with van der Waals surface area (Å²) in [5.74, 6) is -3.75. The highest BCUT2D eigenvalue weighted by Gasteiger charge is 2.45. The Balaban J connectivity index is 2.11. The number of nitrogens with one attached hydrogen (secondary N) is 2. The predicted octanol–water partition coefficient (Wildman–Crippen LogP) is 2.39. The highest BCUT2D eigenvalue weighted by molar-refractivity contribution is 5.96. The third-order valence-corrected chi connectivity index (χ3v) is 9.33. The Morgan fingerprint density at radius 1 is 0.812 bits per heavy atom. The number of fused-ring (bicyclic) bond motifs is 1. The van der Waals surface area contributed by atoms with Crippen LogP contribution in [0.5, 0.6) is 0 Å². The standard InChI is InChI=1S/C36H55N5O7/c1-21(2)19-27-35(46)41-18-16-24(7)31(41)33(44)38-26(20-25-13-11-10-12-14-25)34(45)40(9)30(23(5)6)36(47)39(8)29(22(3)4)32(43)37-17-15-28(42)48-27/h10-14,21-24,26-27,29-31H,15-20H2,1-9H3,(H,37,43)(H,38,44)/t24-,26+,27+,29+,30+,31+/m1/s1. The lowest BCUT2D eigenvalue weighted by atomic mass is 9.95. The number of ether oxygens (including phenoxy) is 1. The SMILES string of the molecule is CC(C)C[C@@H]1OC(=O)CCNC(=O)[C@H](C(C)C)N(C)C(=O)[C@H](C(C)C)N(C)C(=O)[C@H](Cc2ccccc2)NC(=O)[C@@H]2[C@H](C)CCN2C1=O. The van der Waals surface area contributed by atoms with Crippen LogP contribution < -0.4 is 10.6 Å². The Hall–Kier alpha value is -3.96. The van der Waals surface area contributed by atoms with Crippen molar-refractivity contribution in [3.05, 3.63) is 35.9 Å². The van der Waals surface area contributed by atoms with Crippen LogP contribution in [-0.2, 0) is 39.9 Å². The maximum atomic E-state index is 14.4. The van der Waals surface area contributed by atoms with E-state index in [9.17, 15) is 28.8 Å². The number of carbonyl (C=O) groups is 6. The zero-order valence-corrected chi connectivity index (χ0v) is 30.0. The first kappa shape index (κ1) is 38.5. The maximum absolute atomic E-state index is 14.4. The summed E-state index contributed by atoms with van der Waals surface area (Å²) >= 11 is 0. The van der Waals surface area contributed by atoms with Crippen LogP contribution in [0.1, 0.15) is 73.3 Å². The molecule has 2 N–H and O–H groups in total. The van der Waals surface area contributed by atoms with Crippen molar-refractivity contribution in [2.75, 3.05) is 27.2 Å². The molecule has 1 aromatic rings. The summed E-state index contributed by atoms with van der Waals surface area (Å²) in [5.41, 5.74) is 0.806. The molecule has 0 saturated carbocycles. The third-order valence-electron chi connectivity index (χ3n) is 9.33. The fraction of sp³-hybridized carbons (Fsp3) is 0.667. The number of likely N-dealkylation sites (N-methyl/N-ethyl adjacent to an activating group) is 2. The van der Waals surface area contributed by atoms with Crippen molar-refractivity contribution in [2.45, 2.75) is 104 Å². The molecule has 2 aliphatic rings. The summed E-state index contributed by atoms with van der Waals surface area (Å²) in [5, 5.41) is 5.70. The average molecular weight is 670 g/mol. The zero-order valence-electron chi connectivity index (χ0n) is 30.0. The number of amides is 5. The normalized spacial score (nSPS) is 27.5. The summed E-state index contributed by atoms with van der Waals surface area (Å²) < 4.78 is 5.70. The van der Waals surface area contributed by atoms with Gasteiger partial charge in [-0.05, 0) is 42.1 Å². The first-order valence-electron chi connectivity index (χ1n) is 17.2. The Morgan fingerprint density at radius 3 is 2.00 bits per heavy atom. The van der Waals surface area contributed by atoms with Crippen LogP contribution in [0.15, 0.2) is 30.3 Å². The summed E-state index contributed by atoms with van der Waals surface area (Å²) in [7, 11) is 3.09. The monoisotopic (exact) mass is 669 g/mol. The molecule has 3 rings (SSSR count). The molecule has 0 bridgehead atoms. The summed E-state index contributed by atoms with van der Waals surface area (Å²) in [4.78, 5) is 87.2. The van der Waals surface area contributed by atoms with Crippen molar-refractivity contribution >= 4 is 35.5 Å². The van der Waals surface area contributed by atoms with E-state index in [2.05, 4.69) is 10.6 Å². The first-order valence-corrected chi connectivity index (χ1v) is 17.2. The number of benzene rings is 1. The van der Waals surface area contributed by atoms with Gasteiger partial charge in [0.15, 0.2) is 6.10 Å². The second kappa shape index (κ2) is 16.9. The molecule has 6 atom stereocenters. The minimum absolute atomic E-state index is 0.0116. The number of cyclic esters (lactones) is 1. The van der Waals surface area contributed by atoms with Gasteiger partial charge in [0.2, 0.25) is 23.6 Å². The number of hydrogen-bond donors (Lipinski definition) is 2. The minimum Gasteiger partial charge on any atom is -0.452 e. The van der Waals surface area contributed by atoms with E-state index >= 15 is 0 Å². The first-order chi connectivity index (χ1) is 22.5. The molecule has 2 saturated heterocycles. The molecule has 12 heteroatoms. The fourth-order valence-corrected chi connectivity index (χ4v) is 6.88. The molecule has 0 aliphatic carbocycles. The Bertz CT molecular complexity index is 1320. The number of rotatable bonds is 6. The third kappa shape index (κ3) is 9.35. The Morgan fingerprint density at radius 2 is 1.42 bits per heavy atom. The van der Waals surface area contributed by atoms with Gasteiger partial charge >= 0.3 is 5.97 Å². The van der Waals surface area contributed by atoms with Crippen molar-refractivity contribution < 1.29 is 33.5 Å². The van der Waals surface area contributed by atoms with Crippen molar-refractivity contribution in [1.29, 1.82) is 0 Å². The highest BCUT2D eigenvalue weighted by atomic mass is 16.5. The molecule has 5 amide bonds. The number of esters is 1. The molecule has 12 nitrogen and oxygen atoms in total. The van der Waals surface area contributed by atoms with E-state index in [0.29, 0.717) is 13.0 Å². The van der Waals surface area contributed by atoms with E-state index in [4.69, 9.17) is 4.74 Å². The van der Waals surface area contributed by atoms with Gasteiger partial charge in [0.25, 0.3) is 5.91 Å². The Kier molecular flexibility index (Phi) is 13.6. The largest absolute Gasteiger partial charge is 0.452 e. The van der Waals surface area contributed by atoms with Crippen LogP contribution >= 0.6 is 0 Å².